The molecule has 0 saturated carbocycles. The molecule has 15 heavy (non-hydrogen) atoms. The first-order valence-electron chi connectivity index (χ1n) is 5.04. The van der Waals surface area contributed by atoms with E-state index in [0.717, 1.165) is 29.4 Å². The number of anilines is 1. The summed E-state index contributed by atoms with van der Waals surface area (Å²) in [5.41, 5.74) is 5.42. The molecule has 1 aromatic rings. The first-order valence-corrected chi connectivity index (χ1v) is 6.12. The molecule has 5 heteroatoms. The SMILES string of the molecule is CC1(c2ncc(I)c(N)n2)CCCCO1. The van der Waals surface area contributed by atoms with E-state index in [1.54, 1.807) is 6.20 Å². The van der Waals surface area contributed by atoms with Crippen molar-refractivity contribution in [2.75, 3.05) is 12.3 Å². The number of rotatable bonds is 1. The standard InChI is InChI=1S/C10H14IN3O/c1-10(4-2-3-5-15-10)9-13-6-7(11)8(12)14-9/h6H,2-5H2,1H3,(H2,12,13,14). The highest BCUT2D eigenvalue weighted by Crippen LogP contribution is 2.32. The Morgan fingerprint density at radius 1 is 1.53 bits per heavy atom. The molecule has 0 aromatic carbocycles. The highest BCUT2D eigenvalue weighted by atomic mass is 127. The van der Waals surface area contributed by atoms with Crippen LogP contribution in [0.2, 0.25) is 0 Å². The van der Waals surface area contributed by atoms with Gasteiger partial charge in [-0.05, 0) is 48.8 Å². The lowest BCUT2D eigenvalue weighted by atomic mass is 9.95. The van der Waals surface area contributed by atoms with Crippen molar-refractivity contribution in [3.8, 4) is 0 Å². The van der Waals surface area contributed by atoms with Crippen LogP contribution in [0.5, 0.6) is 0 Å². The molecule has 1 atom stereocenters. The van der Waals surface area contributed by atoms with Crippen LogP contribution < -0.4 is 5.73 Å². The first-order chi connectivity index (χ1) is 7.12. The summed E-state index contributed by atoms with van der Waals surface area (Å²) >= 11 is 2.13. The number of nitrogens with two attached hydrogens (primary N) is 1. The molecule has 1 aromatic heterocycles. The van der Waals surface area contributed by atoms with E-state index in [-0.39, 0.29) is 5.60 Å². The molecule has 0 radical (unpaired) electrons. The molecule has 1 aliphatic rings. The molecule has 4 nitrogen and oxygen atoms in total. The van der Waals surface area contributed by atoms with Gasteiger partial charge in [0.05, 0.1) is 3.57 Å². The summed E-state index contributed by atoms with van der Waals surface area (Å²) in [5.74, 6) is 1.25. The van der Waals surface area contributed by atoms with E-state index >= 15 is 0 Å². The maximum absolute atomic E-state index is 5.77. The van der Waals surface area contributed by atoms with Crippen molar-refractivity contribution in [3.05, 3.63) is 15.6 Å². The second kappa shape index (κ2) is 4.21. The van der Waals surface area contributed by atoms with Crippen LogP contribution in [-0.4, -0.2) is 16.6 Å². The van der Waals surface area contributed by atoms with Gasteiger partial charge in [0.25, 0.3) is 0 Å². The molecule has 0 spiro atoms. The predicted molar refractivity (Wildman–Crippen MR) is 66.3 cm³/mol. The molecule has 1 saturated heterocycles. The van der Waals surface area contributed by atoms with Gasteiger partial charge in [-0.2, -0.15) is 0 Å². The van der Waals surface area contributed by atoms with Crippen LogP contribution in [0.25, 0.3) is 0 Å². The van der Waals surface area contributed by atoms with Crippen LogP contribution in [0.1, 0.15) is 32.0 Å². The smallest absolute Gasteiger partial charge is 0.162 e. The summed E-state index contributed by atoms with van der Waals surface area (Å²) in [5, 5.41) is 0. The molecule has 82 valence electrons. The summed E-state index contributed by atoms with van der Waals surface area (Å²) in [4.78, 5) is 8.61. The fourth-order valence-electron chi connectivity index (χ4n) is 1.75. The number of aromatic nitrogens is 2. The Morgan fingerprint density at radius 3 is 2.93 bits per heavy atom. The molecular weight excluding hydrogens is 305 g/mol. The van der Waals surface area contributed by atoms with Crippen LogP contribution in [0.4, 0.5) is 5.82 Å². The van der Waals surface area contributed by atoms with Crippen LogP contribution in [0.15, 0.2) is 6.20 Å². The number of hydrogen-bond acceptors (Lipinski definition) is 4. The molecule has 2 N–H and O–H groups in total. The van der Waals surface area contributed by atoms with Crippen LogP contribution >= 0.6 is 22.6 Å². The zero-order valence-electron chi connectivity index (χ0n) is 8.66. The van der Waals surface area contributed by atoms with Crippen molar-refractivity contribution < 1.29 is 4.74 Å². The molecule has 0 bridgehead atoms. The Hall–Kier alpha value is -0.430. The lowest BCUT2D eigenvalue weighted by molar-refractivity contribution is -0.0759. The topological polar surface area (TPSA) is 61.0 Å². The second-order valence-electron chi connectivity index (χ2n) is 3.96. The third-order valence-electron chi connectivity index (χ3n) is 2.71. The first kappa shape index (κ1) is 11.1. The summed E-state index contributed by atoms with van der Waals surface area (Å²) in [7, 11) is 0. The van der Waals surface area contributed by atoms with Gasteiger partial charge in [-0.1, -0.05) is 0 Å². The van der Waals surface area contributed by atoms with Gasteiger partial charge in [0.1, 0.15) is 11.4 Å². The Balaban J connectivity index is 2.31. The largest absolute Gasteiger partial charge is 0.383 e. The van der Waals surface area contributed by atoms with Gasteiger partial charge in [0, 0.05) is 12.8 Å². The minimum atomic E-state index is -0.350. The van der Waals surface area contributed by atoms with E-state index in [9.17, 15) is 0 Å². The van der Waals surface area contributed by atoms with Gasteiger partial charge < -0.3 is 10.5 Å². The van der Waals surface area contributed by atoms with E-state index in [0.29, 0.717) is 11.6 Å². The quantitative estimate of drug-likeness (QED) is 0.805. The third-order valence-corrected chi connectivity index (χ3v) is 3.54. The number of halogens is 1. The number of ether oxygens (including phenoxy) is 1. The number of nitrogens with zero attached hydrogens (tertiary/aromatic N) is 2. The monoisotopic (exact) mass is 319 g/mol. The Labute approximate surface area is 103 Å². The van der Waals surface area contributed by atoms with Crippen LogP contribution in [-0.2, 0) is 10.3 Å². The van der Waals surface area contributed by atoms with E-state index in [4.69, 9.17) is 10.5 Å². The number of hydrogen-bond donors (Lipinski definition) is 1. The maximum Gasteiger partial charge on any atom is 0.162 e. The molecule has 1 unspecified atom stereocenters. The van der Waals surface area contributed by atoms with E-state index in [1.807, 2.05) is 6.92 Å². The molecule has 0 amide bonds. The van der Waals surface area contributed by atoms with Crippen LogP contribution in [0, 0.1) is 3.57 Å². The minimum Gasteiger partial charge on any atom is -0.383 e. The van der Waals surface area contributed by atoms with Gasteiger partial charge in [-0.15, -0.1) is 0 Å². The fraction of sp³-hybridized carbons (Fsp3) is 0.600. The molecule has 1 fully saturated rings. The van der Waals surface area contributed by atoms with E-state index < -0.39 is 0 Å². The minimum absolute atomic E-state index is 0.350. The summed E-state index contributed by atoms with van der Waals surface area (Å²) in [6.45, 7) is 2.82. The van der Waals surface area contributed by atoms with Crippen molar-refractivity contribution in [3.63, 3.8) is 0 Å². The highest BCUT2D eigenvalue weighted by molar-refractivity contribution is 14.1. The molecular formula is C10H14IN3O. The molecule has 1 aliphatic heterocycles. The van der Waals surface area contributed by atoms with Gasteiger partial charge in [-0.25, -0.2) is 9.97 Å². The maximum atomic E-state index is 5.77. The Kier molecular flexibility index (Phi) is 3.11. The third kappa shape index (κ3) is 2.23. The molecule has 2 rings (SSSR count). The zero-order chi connectivity index (χ0) is 10.9. The summed E-state index contributed by atoms with van der Waals surface area (Å²) in [6.07, 6.45) is 5.00. The van der Waals surface area contributed by atoms with Gasteiger partial charge in [0.2, 0.25) is 0 Å². The van der Waals surface area contributed by atoms with Crippen molar-refractivity contribution in [1.82, 2.24) is 9.97 Å². The van der Waals surface area contributed by atoms with Gasteiger partial charge in [-0.3, -0.25) is 0 Å². The van der Waals surface area contributed by atoms with Crippen molar-refractivity contribution >= 4 is 28.4 Å². The zero-order valence-corrected chi connectivity index (χ0v) is 10.8. The number of nitrogen functional groups attached to an aromatic ring is 1. The average Bonchev–Trinajstić information content (AvgIpc) is 2.23. The van der Waals surface area contributed by atoms with Crippen LogP contribution in [0.3, 0.4) is 0 Å². The predicted octanol–water partition coefficient (Wildman–Crippen LogP) is 2.08. The van der Waals surface area contributed by atoms with Crippen molar-refractivity contribution in [2.24, 2.45) is 0 Å². The van der Waals surface area contributed by atoms with Crippen molar-refractivity contribution in [1.29, 1.82) is 0 Å². The second-order valence-corrected chi connectivity index (χ2v) is 5.13. The Morgan fingerprint density at radius 2 is 2.33 bits per heavy atom. The van der Waals surface area contributed by atoms with Gasteiger partial charge >= 0.3 is 0 Å². The lowest BCUT2D eigenvalue weighted by Gasteiger charge is -2.32. The molecule has 0 aliphatic carbocycles. The highest BCUT2D eigenvalue weighted by Gasteiger charge is 2.33. The molecule has 2 heterocycles. The fourth-order valence-corrected chi connectivity index (χ4v) is 2.01. The lowest BCUT2D eigenvalue weighted by Crippen LogP contribution is -2.32. The van der Waals surface area contributed by atoms with Gasteiger partial charge in [0.15, 0.2) is 5.82 Å². The normalized spacial score (nSPS) is 26.5. The van der Waals surface area contributed by atoms with E-state index in [1.165, 1.54) is 0 Å². The summed E-state index contributed by atoms with van der Waals surface area (Å²) in [6, 6.07) is 0. The Bertz CT molecular complexity index is 364. The average molecular weight is 319 g/mol. The van der Waals surface area contributed by atoms with E-state index in [2.05, 4.69) is 32.6 Å². The van der Waals surface area contributed by atoms with Crippen molar-refractivity contribution in [2.45, 2.75) is 31.8 Å². The summed E-state index contributed by atoms with van der Waals surface area (Å²) < 4.78 is 6.65.